The summed E-state index contributed by atoms with van der Waals surface area (Å²) in [5, 5.41) is 5.62. The number of urea groups is 1. The van der Waals surface area contributed by atoms with Crippen molar-refractivity contribution in [2.45, 2.75) is 19.3 Å². The summed E-state index contributed by atoms with van der Waals surface area (Å²) in [6.45, 7) is 3.57. The normalized spacial score (nSPS) is 23.0. The summed E-state index contributed by atoms with van der Waals surface area (Å²) in [7, 11) is 0. The highest BCUT2D eigenvalue weighted by molar-refractivity contribution is 5.73. The molecule has 1 aliphatic carbocycles. The van der Waals surface area contributed by atoms with Gasteiger partial charge >= 0.3 is 6.03 Å². The number of carbonyl (C=O) groups is 1. The summed E-state index contributed by atoms with van der Waals surface area (Å²) in [6, 6.07) is 5.92. The van der Waals surface area contributed by atoms with E-state index in [1.807, 2.05) is 19.1 Å². The van der Waals surface area contributed by atoms with E-state index < -0.39 is 0 Å². The van der Waals surface area contributed by atoms with Crippen LogP contribution in [0.5, 0.6) is 11.5 Å². The molecule has 102 valence electrons. The van der Waals surface area contributed by atoms with Gasteiger partial charge in [-0.3, -0.25) is 0 Å². The van der Waals surface area contributed by atoms with Crippen molar-refractivity contribution in [2.24, 2.45) is 5.92 Å². The van der Waals surface area contributed by atoms with Crippen LogP contribution in [0.15, 0.2) is 18.2 Å². The molecule has 2 amide bonds. The molecule has 0 aromatic heterocycles. The number of nitrogens with one attached hydrogen (secondary N) is 2. The monoisotopic (exact) mass is 262 g/mol. The van der Waals surface area contributed by atoms with Crippen LogP contribution in [0, 0.1) is 5.92 Å². The second kappa shape index (κ2) is 4.99. The fourth-order valence-corrected chi connectivity index (χ4v) is 2.55. The molecule has 19 heavy (non-hydrogen) atoms. The summed E-state index contributed by atoms with van der Waals surface area (Å²) in [4.78, 5) is 11.3. The minimum absolute atomic E-state index is 0.0916. The fourth-order valence-electron chi connectivity index (χ4n) is 2.55. The molecule has 3 rings (SSSR count). The zero-order valence-electron chi connectivity index (χ0n) is 10.9. The maximum absolute atomic E-state index is 11.3. The van der Waals surface area contributed by atoms with Gasteiger partial charge < -0.3 is 20.1 Å². The molecule has 0 unspecified atom stereocenters. The highest BCUT2D eigenvalue weighted by Crippen LogP contribution is 2.52. The number of hydrogen-bond donors (Lipinski definition) is 2. The van der Waals surface area contributed by atoms with Crippen LogP contribution in [-0.4, -0.2) is 25.9 Å². The van der Waals surface area contributed by atoms with Crippen LogP contribution in [0.3, 0.4) is 0 Å². The van der Waals surface area contributed by atoms with E-state index in [-0.39, 0.29) is 6.03 Å². The van der Waals surface area contributed by atoms with Gasteiger partial charge in [0.25, 0.3) is 0 Å². The summed E-state index contributed by atoms with van der Waals surface area (Å²) in [5.74, 6) is 2.68. The molecule has 1 aliphatic heterocycles. The number of amides is 2. The Hall–Kier alpha value is -1.91. The highest BCUT2D eigenvalue weighted by atomic mass is 16.7. The number of para-hydroxylation sites is 1. The van der Waals surface area contributed by atoms with Gasteiger partial charge in [-0.1, -0.05) is 12.1 Å². The quantitative estimate of drug-likeness (QED) is 0.870. The zero-order valence-corrected chi connectivity index (χ0v) is 10.9. The lowest BCUT2D eigenvalue weighted by Crippen LogP contribution is -2.36. The summed E-state index contributed by atoms with van der Waals surface area (Å²) >= 11 is 0. The summed E-state index contributed by atoms with van der Waals surface area (Å²) in [6.07, 6.45) is 1.09. The third kappa shape index (κ3) is 2.45. The van der Waals surface area contributed by atoms with Crippen LogP contribution in [-0.2, 0) is 0 Å². The van der Waals surface area contributed by atoms with E-state index in [0.717, 1.165) is 17.9 Å². The van der Waals surface area contributed by atoms with Gasteiger partial charge in [-0.25, -0.2) is 4.79 Å². The lowest BCUT2D eigenvalue weighted by atomic mass is 10.1. The first-order valence-corrected chi connectivity index (χ1v) is 6.69. The number of ether oxygens (including phenoxy) is 2. The fraction of sp³-hybridized carbons (Fsp3) is 0.500. The number of hydrogen-bond acceptors (Lipinski definition) is 3. The van der Waals surface area contributed by atoms with Gasteiger partial charge in [-0.2, -0.15) is 0 Å². The van der Waals surface area contributed by atoms with E-state index in [9.17, 15) is 4.79 Å². The number of rotatable bonds is 4. The molecule has 1 heterocycles. The van der Waals surface area contributed by atoms with Gasteiger partial charge in [0.15, 0.2) is 11.5 Å². The predicted octanol–water partition coefficient (Wildman–Crippen LogP) is 1.84. The van der Waals surface area contributed by atoms with Crippen molar-refractivity contribution in [3.05, 3.63) is 23.8 Å². The Morgan fingerprint density at radius 3 is 3.11 bits per heavy atom. The van der Waals surface area contributed by atoms with Crippen molar-refractivity contribution < 1.29 is 14.3 Å². The molecule has 1 aromatic rings. The van der Waals surface area contributed by atoms with E-state index in [4.69, 9.17) is 9.47 Å². The first kappa shape index (κ1) is 12.1. The maximum Gasteiger partial charge on any atom is 0.314 e. The van der Waals surface area contributed by atoms with E-state index >= 15 is 0 Å². The van der Waals surface area contributed by atoms with Crippen LogP contribution < -0.4 is 20.1 Å². The largest absolute Gasteiger partial charge is 0.454 e. The number of fused-ring (bicyclic) bond motifs is 1. The molecule has 2 aliphatic rings. The molecule has 0 saturated heterocycles. The van der Waals surface area contributed by atoms with Crippen molar-refractivity contribution in [1.82, 2.24) is 10.6 Å². The van der Waals surface area contributed by atoms with Crippen LogP contribution in [0.1, 0.15) is 24.8 Å². The van der Waals surface area contributed by atoms with Gasteiger partial charge in [-0.15, -0.1) is 0 Å². The molecule has 1 aromatic carbocycles. The molecule has 0 spiro atoms. The lowest BCUT2D eigenvalue weighted by molar-refractivity contribution is 0.173. The van der Waals surface area contributed by atoms with E-state index in [2.05, 4.69) is 16.7 Å². The minimum atomic E-state index is -0.0916. The van der Waals surface area contributed by atoms with Crippen molar-refractivity contribution in [3.8, 4) is 11.5 Å². The topological polar surface area (TPSA) is 59.6 Å². The Bertz CT molecular complexity index is 490. The standard InChI is InChI=1S/C14H18N2O3/c1-2-15-14(17)16-7-9-6-11(9)10-4-3-5-12-13(10)19-8-18-12/h3-5,9,11H,2,6-8H2,1H3,(H2,15,16,17)/t9-,11+/m0/s1. The third-order valence-corrected chi connectivity index (χ3v) is 3.61. The molecular formula is C14H18N2O3. The Labute approximate surface area is 112 Å². The first-order chi connectivity index (χ1) is 9.29. The third-order valence-electron chi connectivity index (χ3n) is 3.61. The van der Waals surface area contributed by atoms with Crippen molar-refractivity contribution in [1.29, 1.82) is 0 Å². The Morgan fingerprint density at radius 2 is 2.26 bits per heavy atom. The SMILES string of the molecule is CCNC(=O)NC[C@@H]1C[C@H]1c1cccc2c1OCO2. The lowest BCUT2D eigenvalue weighted by Gasteiger charge is -2.07. The Balaban J connectivity index is 1.58. The van der Waals surface area contributed by atoms with Crippen LogP contribution in [0.25, 0.3) is 0 Å². The first-order valence-electron chi connectivity index (χ1n) is 6.69. The maximum atomic E-state index is 11.3. The summed E-state index contributed by atoms with van der Waals surface area (Å²) in [5.41, 5.74) is 1.21. The average Bonchev–Trinajstić information content (AvgIpc) is 3.02. The molecule has 0 bridgehead atoms. The van der Waals surface area contributed by atoms with Crippen molar-refractivity contribution >= 4 is 6.03 Å². The highest BCUT2D eigenvalue weighted by Gasteiger charge is 2.41. The van der Waals surface area contributed by atoms with Gasteiger partial charge in [0.2, 0.25) is 6.79 Å². The Kier molecular flexibility index (Phi) is 3.19. The second-order valence-electron chi connectivity index (χ2n) is 4.92. The second-order valence-corrected chi connectivity index (χ2v) is 4.92. The molecule has 0 radical (unpaired) electrons. The molecule has 2 atom stereocenters. The van der Waals surface area contributed by atoms with Gasteiger partial charge in [-0.05, 0) is 31.2 Å². The van der Waals surface area contributed by atoms with Gasteiger partial charge in [0.1, 0.15) is 0 Å². The molecule has 2 N–H and O–H groups in total. The molecule has 1 fully saturated rings. The molecule has 5 nitrogen and oxygen atoms in total. The molecular weight excluding hydrogens is 244 g/mol. The van der Waals surface area contributed by atoms with Crippen LogP contribution in [0.4, 0.5) is 4.79 Å². The smallest absolute Gasteiger partial charge is 0.314 e. The number of carbonyl (C=O) groups excluding carboxylic acids is 1. The van der Waals surface area contributed by atoms with E-state index in [1.165, 1.54) is 5.56 Å². The zero-order chi connectivity index (χ0) is 13.2. The number of benzene rings is 1. The van der Waals surface area contributed by atoms with Gasteiger partial charge in [0, 0.05) is 18.7 Å². The van der Waals surface area contributed by atoms with E-state index in [1.54, 1.807) is 0 Å². The van der Waals surface area contributed by atoms with Crippen LogP contribution in [0.2, 0.25) is 0 Å². The molecule has 1 saturated carbocycles. The average molecular weight is 262 g/mol. The van der Waals surface area contributed by atoms with Crippen molar-refractivity contribution in [3.63, 3.8) is 0 Å². The van der Waals surface area contributed by atoms with E-state index in [0.29, 0.717) is 31.7 Å². The van der Waals surface area contributed by atoms with Crippen LogP contribution >= 0.6 is 0 Å². The van der Waals surface area contributed by atoms with Gasteiger partial charge in [0.05, 0.1) is 0 Å². The van der Waals surface area contributed by atoms with Crippen molar-refractivity contribution in [2.75, 3.05) is 19.9 Å². The minimum Gasteiger partial charge on any atom is -0.454 e. The summed E-state index contributed by atoms with van der Waals surface area (Å²) < 4.78 is 10.9. The predicted molar refractivity (Wildman–Crippen MR) is 70.5 cm³/mol. The Morgan fingerprint density at radius 1 is 1.37 bits per heavy atom. The molecule has 5 heteroatoms.